The number of fused-ring (bicyclic) bond motifs is 1. The van der Waals surface area contributed by atoms with Crippen molar-refractivity contribution in [3.63, 3.8) is 0 Å². The van der Waals surface area contributed by atoms with Gasteiger partial charge in [0.05, 0.1) is 12.2 Å². The number of aromatic amines is 1. The first-order valence-electron chi connectivity index (χ1n) is 9.13. The molecule has 0 saturated heterocycles. The van der Waals surface area contributed by atoms with Crippen LogP contribution < -0.4 is 16.2 Å². The van der Waals surface area contributed by atoms with Crippen LogP contribution in [-0.4, -0.2) is 39.4 Å². The van der Waals surface area contributed by atoms with Crippen LogP contribution in [0.4, 0.5) is 9.93 Å². The quantitative estimate of drug-likeness (QED) is 0.749. The van der Waals surface area contributed by atoms with Crippen molar-refractivity contribution in [2.75, 3.05) is 11.9 Å². The SMILES string of the molecule is O=C(Nc1nc2c(s1)CN(C(=O)c1ccc[nH]c1=O)CC2)NC1CCCC1. The summed E-state index contributed by atoms with van der Waals surface area (Å²) in [6.45, 7) is 0.893. The molecule has 1 saturated carbocycles. The maximum atomic E-state index is 12.6. The van der Waals surface area contributed by atoms with Crippen molar-refractivity contribution < 1.29 is 9.59 Å². The van der Waals surface area contributed by atoms with Gasteiger partial charge < -0.3 is 15.2 Å². The lowest BCUT2D eigenvalue weighted by atomic mass is 10.1. The van der Waals surface area contributed by atoms with E-state index in [0.717, 1.165) is 36.3 Å². The fourth-order valence-corrected chi connectivity index (χ4v) is 4.59. The molecule has 0 bridgehead atoms. The van der Waals surface area contributed by atoms with Crippen molar-refractivity contribution in [3.05, 3.63) is 44.8 Å². The molecule has 8 nitrogen and oxygen atoms in total. The number of rotatable bonds is 3. The van der Waals surface area contributed by atoms with E-state index in [2.05, 4.69) is 20.6 Å². The number of carbonyl (C=O) groups excluding carboxylic acids is 2. The minimum atomic E-state index is -0.386. The Hall–Kier alpha value is -2.68. The van der Waals surface area contributed by atoms with Crippen molar-refractivity contribution in [1.82, 2.24) is 20.2 Å². The molecule has 4 rings (SSSR count). The summed E-state index contributed by atoms with van der Waals surface area (Å²) in [5.41, 5.74) is 0.658. The van der Waals surface area contributed by atoms with Gasteiger partial charge >= 0.3 is 6.03 Å². The predicted octanol–water partition coefficient (Wildman–Crippen LogP) is 2.09. The van der Waals surface area contributed by atoms with Crippen molar-refractivity contribution in [3.8, 4) is 0 Å². The van der Waals surface area contributed by atoms with Crippen LogP contribution in [0.1, 0.15) is 46.6 Å². The number of H-pyrrole nitrogens is 1. The van der Waals surface area contributed by atoms with Gasteiger partial charge in [0.15, 0.2) is 5.13 Å². The fraction of sp³-hybridized carbons (Fsp3) is 0.444. The third kappa shape index (κ3) is 3.87. The van der Waals surface area contributed by atoms with Gasteiger partial charge in [-0.3, -0.25) is 14.9 Å². The Morgan fingerprint density at radius 3 is 2.89 bits per heavy atom. The third-order valence-corrected chi connectivity index (χ3v) is 5.98. The molecule has 2 aliphatic rings. The maximum Gasteiger partial charge on any atom is 0.321 e. The van der Waals surface area contributed by atoms with Crippen molar-refractivity contribution in [2.45, 2.75) is 44.7 Å². The highest BCUT2D eigenvalue weighted by atomic mass is 32.1. The highest BCUT2D eigenvalue weighted by molar-refractivity contribution is 7.15. The van der Waals surface area contributed by atoms with E-state index in [4.69, 9.17) is 0 Å². The Kier molecular flexibility index (Phi) is 4.93. The Morgan fingerprint density at radius 1 is 1.30 bits per heavy atom. The molecular weight excluding hydrogens is 366 g/mol. The summed E-state index contributed by atoms with van der Waals surface area (Å²) in [6.07, 6.45) is 6.48. The fourth-order valence-electron chi connectivity index (χ4n) is 3.57. The van der Waals surface area contributed by atoms with Gasteiger partial charge in [-0.1, -0.05) is 24.2 Å². The largest absolute Gasteiger partial charge is 0.335 e. The third-order valence-electron chi connectivity index (χ3n) is 4.98. The van der Waals surface area contributed by atoms with Gasteiger partial charge in [0.25, 0.3) is 11.5 Å². The summed E-state index contributed by atoms with van der Waals surface area (Å²) in [7, 11) is 0. The predicted molar refractivity (Wildman–Crippen MR) is 102 cm³/mol. The second kappa shape index (κ2) is 7.51. The zero-order chi connectivity index (χ0) is 18.8. The lowest BCUT2D eigenvalue weighted by Gasteiger charge is -2.25. The molecule has 27 heavy (non-hydrogen) atoms. The van der Waals surface area contributed by atoms with Crippen LogP contribution in [-0.2, 0) is 13.0 Å². The number of amides is 3. The summed E-state index contributed by atoms with van der Waals surface area (Å²) >= 11 is 1.38. The molecule has 0 spiro atoms. The van der Waals surface area contributed by atoms with Gasteiger partial charge in [0.1, 0.15) is 5.56 Å². The molecule has 0 aromatic carbocycles. The van der Waals surface area contributed by atoms with E-state index < -0.39 is 0 Å². The average molecular weight is 387 g/mol. The zero-order valence-electron chi connectivity index (χ0n) is 14.8. The lowest BCUT2D eigenvalue weighted by Crippen LogP contribution is -2.38. The molecule has 1 aliphatic heterocycles. The molecule has 0 radical (unpaired) electrons. The Labute approximate surface area is 160 Å². The van der Waals surface area contributed by atoms with Crippen LogP contribution in [0.25, 0.3) is 0 Å². The van der Waals surface area contributed by atoms with Crippen molar-refractivity contribution in [2.24, 2.45) is 0 Å². The van der Waals surface area contributed by atoms with Crippen LogP contribution >= 0.6 is 11.3 Å². The second-order valence-electron chi connectivity index (χ2n) is 6.86. The van der Waals surface area contributed by atoms with E-state index in [1.54, 1.807) is 11.0 Å². The number of nitrogens with zero attached hydrogens (tertiary/aromatic N) is 2. The van der Waals surface area contributed by atoms with E-state index in [-0.39, 0.29) is 29.1 Å². The van der Waals surface area contributed by atoms with Crippen LogP contribution in [0.2, 0.25) is 0 Å². The number of nitrogens with one attached hydrogen (secondary N) is 3. The highest BCUT2D eigenvalue weighted by Crippen LogP contribution is 2.29. The number of carbonyl (C=O) groups is 2. The summed E-state index contributed by atoms with van der Waals surface area (Å²) in [6, 6.07) is 3.19. The zero-order valence-corrected chi connectivity index (χ0v) is 15.6. The summed E-state index contributed by atoms with van der Waals surface area (Å²) < 4.78 is 0. The normalized spacial score (nSPS) is 16.8. The minimum absolute atomic E-state index is 0.139. The van der Waals surface area contributed by atoms with Crippen LogP contribution in [0.3, 0.4) is 0 Å². The first-order chi connectivity index (χ1) is 13.1. The standard InChI is InChI=1S/C18H21N5O3S/c24-15-12(6-3-8-19-15)16(25)23-9-7-13-14(10-23)27-18(21-13)22-17(26)20-11-4-1-2-5-11/h3,6,8,11H,1-2,4-5,7,9-10H2,(H,19,24)(H2,20,21,22,26). The monoisotopic (exact) mass is 387 g/mol. The Bertz CT molecular complexity index is 916. The van der Waals surface area contributed by atoms with Gasteiger partial charge in [0.2, 0.25) is 0 Å². The number of thiazole rings is 1. The van der Waals surface area contributed by atoms with E-state index in [1.807, 2.05) is 0 Å². The summed E-state index contributed by atoms with van der Waals surface area (Å²) in [5, 5.41) is 6.33. The molecule has 2 aromatic rings. The molecule has 0 unspecified atom stereocenters. The van der Waals surface area contributed by atoms with E-state index in [9.17, 15) is 14.4 Å². The molecule has 1 fully saturated rings. The maximum absolute atomic E-state index is 12.6. The number of hydrogen-bond acceptors (Lipinski definition) is 5. The molecule has 9 heteroatoms. The van der Waals surface area contributed by atoms with E-state index in [0.29, 0.717) is 24.6 Å². The summed E-state index contributed by atoms with van der Waals surface area (Å²) in [4.78, 5) is 46.2. The number of aromatic nitrogens is 2. The first-order valence-corrected chi connectivity index (χ1v) is 9.95. The Morgan fingerprint density at radius 2 is 2.11 bits per heavy atom. The molecule has 142 valence electrons. The van der Waals surface area contributed by atoms with Crippen molar-refractivity contribution >= 4 is 28.4 Å². The molecule has 3 amide bonds. The Balaban J connectivity index is 1.41. The van der Waals surface area contributed by atoms with Gasteiger partial charge in [-0.15, -0.1) is 0 Å². The molecule has 0 atom stereocenters. The van der Waals surface area contributed by atoms with Gasteiger partial charge in [-0.25, -0.2) is 9.78 Å². The first kappa shape index (κ1) is 17.7. The molecule has 2 aromatic heterocycles. The lowest BCUT2D eigenvalue weighted by molar-refractivity contribution is 0.0734. The topological polar surface area (TPSA) is 107 Å². The number of urea groups is 1. The van der Waals surface area contributed by atoms with Gasteiger partial charge in [-0.2, -0.15) is 0 Å². The number of hydrogen-bond donors (Lipinski definition) is 3. The van der Waals surface area contributed by atoms with Crippen LogP contribution in [0, 0.1) is 0 Å². The highest BCUT2D eigenvalue weighted by Gasteiger charge is 2.26. The van der Waals surface area contributed by atoms with E-state index in [1.165, 1.54) is 23.6 Å². The van der Waals surface area contributed by atoms with E-state index >= 15 is 0 Å². The number of anilines is 1. The minimum Gasteiger partial charge on any atom is -0.335 e. The van der Waals surface area contributed by atoms with Gasteiger partial charge in [0, 0.05) is 30.1 Å². The van der Waals surface area contributed by atoms with Crippen LogP contribution in [0.15, 0.2) is 23.1 Å². The second-order valence-corrected chi connectivity index (χ2v) is 7.94. The van der Waals surface area contributed by atoms with Crippen molar-refractivity contribution in [1.29, 1.82) is 0 Å². The average Bonchev–Trinajstić information content (AvgIpc) is 3.29. The molecule has 3 N–H and O–H groups in total. The molecular formula is C18H21N5O3S. The smallest absolute Gasteiger partial charge is 0.321 e. The molecule has 1 aliphatic carbocycles. The van der Waals surface area contributed by atoms with Crippen LogP contribution in [0.5, 0.6) is 0 Å². The summed E-state index contributed by atoms with van der Waals surface area (Å²) in [5.74, 6) is -0.288. The molecule has 3 heterocycles. The number of pyridine rings is 1. The van der Waals surface area contributed by atoms with Gasteiger partial charge in [-0.05, 0) is 25.0 Å².